The summed E-state index contributed by atoms with van der Waals surface area (Å²) >= 11 is 31.6. The van der Waals surface area contributed by atoms with Crippen LogP contribution >= 0.6 is 78.3 Å². The third-order valence-electron chi connectivity index (χ3n) is 6.92. The van der Waals surface area contributed by atoms with E-state index in [1.54, 1.807) is 13.0 Å². The first-order valence-corrected chi connectivity index (χ1v) is 18.9. The van der Waals surface area contributed by atoms with Crippen LogP contribution in [0.4, 0.5) is 0 Å². The van der Waals surface area contributed by atoms with E-state index in [0.29, 0.717) is 41.0 Å². The molecule has 0 aliphatic carbocycles. The van der Waals surface area contributed by atoms with Gasteiger partial charge >= 0.3 is 10.4 Å². The second-order valence-corrected chi connectivity index (χ2v) is 15.1. The average Bonchev–Trinajstić information content (AvgIpc) is 2.98. The van der Waals surface area contributed by atoms with Gasteiger partial charge in [-0.2, -0.15) is 8.42 Å². The van der Waals surface area contributed by atoms with Gasteiger partial charge in [0.15, 0.2) is 0 Å². The molecular formula is C34H38Br2Cl4N2O5S. The van der Waals surface area contributed by atoms with Gasteiger partial charge in [-0.15, -0.1) is 0 Å². The maximum Gasteiger partial charge on any atom is 0.394 e. The van der Waals surface area contributed by atoms with E-state index in [9.17, 15) is 5.11 Å². The van der Waals surface area contributed by atoms with E-state index in [1.165, 1.54) is 16.7 Å². The van der Waals surface area contributed by atoms with Crippen LogP contribution in [-0.4, -0.2) is 59.6 Å². The molecule has 1 heterocycles. The van der Waals surface area contributed by atoms with Gasteiger partial charge in [-0.3, -0.25) is 14.0 Å². The number of aliphatic hydroxyl groups is 1. The van der Waals surface area contributed by atoms with Crippen LogP contribution in [0.5, 0.6) is 0 Å². The number of hydrogen-bond acceptors (Lipinski definition) is 5. The van der Waals surface area contributed by atoms with Gasteiger partial charge in [0, 0.05) is 62.5 Å². The van der Waals surface area contributed by atoms with Crippen LogP contribution in [0.15, 0.2) is 87.8 Å². The van der Waals surface area contributed by atoms with Crippen LogP contribution in [0.3, 0.4) is 0 Å². The molecule has 262 valence electrons. The zero-order chi connectivity index (χ0) is 36.9. The van der Waals surface area contributed by atoms with E-state index in [1.807, 2.05) is 60.5 Å². The molecule has 0 aromatic heterocycles. The van der Waals surface area contributed by atoms with Crippen molar-refractivity contribution in [3.8, 4) is 0 Å². The average molecular weight is 889 g/mol. The highest BCUT2D eigenvalue weighted by molar-refractivity contribution is 9.10. The largest absolute Gasteiger partial charge is 0.394 e. The number of fused-ring (bicyclic) bond motifs is 1. The number of nitrogens with zero attached hydrogens (tertiary/aromatic N) is 2. The second kappa shape index (κ2) is 20.6. The predicted molar refractivity (Wildman–Crippen MR) is 206 cm³/mol. The molecule has 0 fully saturated rings. The molecule has 7 nitrogen and oxygen atoms in total. The first-order chi connectivity index (χ1) is 22.9. The molecule has 1 aliphatic rings. The fraction of sp³-hybridized carbons (Fsp3) is 0.294. The molecule has 0 amide bonds. The lowest BCUT2D eigenvalue weighted by molar-refractivity contribution is 0.124. The number of likely N-dealkylation sites (N-methyl/N-ethyl adjacent to an activating group) is 2. The van der Waals surface area contributed by atoms with Gasteiger partial charge in [0.25, 0.3) is 0 Å². The number of hydrogen-bond donors (Lipinski definition) is 3. The van der Waals surface area contributed by atoms with Crippen LogP contribution in [0, 0.1) is 0 Å². The highest BCUT2D eigenvalue weighted by atomic mass is 79.9. The molecule has 2 unspecified atom stereocenters. The molecule has 5 rings (SSSR count). The number of halogens is 6. The van der Waals surface area contributed by atoms with Crippen molar-refractivity contribution in [2.75, 3.05) is 27.2 Å². The van der Waals surface area contributed by atoms with Crippen molar-refractivity contribution in [1.29, 1.82) is 0 Å². The Labute approximate surface area is 322 Å². The third-order valence-corrected chi connectivity index (χ3v) is 9.05. The smallest absolute Gasteiger partial charge is 0.387 e. The van der Waals surface area contributed by atoms with Crippen molar-refractivity contribution >= 4 is 88.7 Å². The summed E-state index contributed by atoms with van der Waals surface area (Å²) in [4.78, 5) is 4.33. The molecule has 0 spiro atoms. The molecule has 0 saturated heterocycles. The summed E-state index contributed by atoms with van der Waals surface area (Å²) in [6, 6.07) is 25.5. The Morgan fingerprint density at radius 2 is 1.52 bits per heavy atom. The second-order valence-electron chi connectivity index (χ2n) is 10.7. The molecule has 4 aromatic rings. The van der Waals surface area contributed by atoms with E-state index in [4.69, 9.17) is 65.3 Å². The molecule has 14 heteroatoms. The van der Waals surface area contributed by atoms with Crippen molar-refractivity contribution in [3.63, 3.8) is 0 Å². The molecule has 48 heavy (non-hydrogen) atoms. The number of benzene rings is 4. The van der Waals surface area contributed by atoms with Crippen LogP contribution in [0.25, 0.3) is 0 Å². The summed E-state index contributed by atoms with van der Waals surface area (Å²) in [5.74, 6) is 0.303. The third kappa shape index (κ3) is 14.9. The topological polar surface area (TPSA) is 101 Å². The highest BCUT2D eigenvalue weighted by Crippen LogP contribution is 2.38. The van der Waals surface area contributed by atoms with Crippen molar-refractivity contribution < 1.29 is 24.0 Å². The molecular weight excluding hydrogens is 850 g/mol. The predicted octanol–water partition coefficient (Wildman–Crippen LogP) is 10.6. The number of aliphatic hydroxyl groups excluding tert-OH is 1. The van der Waals surface area contributed by atoms with Crippen LogP contribution < -0.4 is 0 Å². The van der Waals surface area contributed by atoms with Gasteiger partial charge in [0.2, 0.25) is 0 Å². The van der Waals surface area contributed by atoms with E-state index in [0.717, 1.165) is 38.2 Å². The van der Waals surface area contributed by atoms with Gasteiger partial charge in [-0.1, -0.05) is 122 Å². The van der Waals surface area contributed by atoms with Gasteiger partial charge in [-0.05, 0) is 90.4 Å². The summed E-state index contributed by atoms with van der Waals surface area (Å²) in [6.45, 7) is 5.31. The van der Waals surface area contributed by atoms with Crippen LogP contribution in [-0.2, 0) is 23.5 Å². The molecule has 2 atom stereocenters. The Kier molecular flexibility index (Phi) is 17.6. The Hall–Kier alpha value is -1.25. The standard InChI is InChI=1S/C16H16BrCl2NO.C16H14BrCl2N.C2H6.H2O4S/c1-20(9-12-5-6-14(18)8-15(12)19)10-16(21)11-3-2-4-13(17)7-11;1-20-8-14(10-3-2-4-11(17)5-10)13-6-12(18)7-16(19)15(13)9-20;1-2;1-5(2,3)4/h2-8,16,21H,9-10H2,1H3;2-7,14H,8-9H2,1H3;1-2H3;(H2,1,2,3,4)/i;;1D;. The summed E-state index contributed by atoms with van der Waals surface area (Å²) in [5, 5.41) is 13.0. The minimum atomic E-state index is -4.67. The lowest BCUT2D eigenvalue weighted by Gasteiger charge is -2.33. The lowest BCUT2D eigenvalue weighted by Crippen LogP contribution is -2.31. The van der Waals surface area contributed by atoms with Gasteiger partial charge in [0.05, 0.1) is 6.10 Å². The zero-order valence-electron chi connectivity index (χ0n) is 27.4. The van der Waals surface area contributed by atoms with E-state index >= 15 is 0 Å². The van der Waals surface area contributed by atoms with E-state index in [2.05, 4.69) is 68.1 Å². The van der Waals surface area contributed by atoms with Crippen molar-refractivity contribution in [2.45, 2.75) is 38.9 Å². The monoisotopic (exact) mass is 885 g/mol. The van der Waals surface area contributed by atoms with Crippen molar-refractivity contribution in [1.82, 2.24) is 9.80 Å². The fourth-order valence-electron chi connectivity index (χ4n) is 4.97. The molecule has 1 aliphatic heterocycles. The molecule has 0 bridgehead atoms. The maximum absolute atomic E-state index is 10.3. The Bertz CT molecular complexity index is 1770. The van der Waals surface area contributed by atoms with Crippen LogP contribution in [0.2, 0.25) is 20.1 Å². The van der Waals surface area contributed by atoms with E-state index < -0.39 is 16.5 Å². The summed E-state index contributed by atoms with van der Waals surface area (Å²) in [7, 11) is -0.592. The highest BCUT2D eigenvalue weighted by Gasteiger charge is 2.27. The SMILES string of the molecule is CN(Cc1ccc(Cl)cc1Cl)CC(O)c1cccc(Br)c1.CN1Cc2c(Cl)cc(Cl)cc2C(c2cccc(Br)c2)C1.O=S(=O)(O)O.[2H]CC. The zero-order valence-corrected chi connectivity index (χ0v) is 33.4. The minimum absolute atomic E-state index is 0.303. The van der Waals surface area contributed by atoms with Gasteiger partial charge < -0.3 is 10.0 Å². The summed E-state index contributed by atoms with van der Waals surface area (Å²) < 4.78 is 39.8. The fourth-order valence-corrected chi connectivity index (χ4v) is 6.84. The van der Waals surface area contributed by atoms with Crippen molar-refractivity contribution in [3.05, 3.63) is 136 Å². The molecule has 0 radical (unpaired) electrons. The first-order valence-electron chi connectivity index (χ1n) is 15.1. The molecule has 4 aromatic carbocycles. The normalized spacial score (nSPS) is 15.0. The summed E-state index contributed by atoms with van der Waals surface area (Å²) in [5.41, 5.74) is 5.60. The van der Waals surface area contributed by atoms with Gasteiger partial charge in [-0.25, -0.2) is 0 Å². The van der Waals surface area contributed by atoms with Crippen LogP contribution in [0.1, 0.15) is 55.0 Å². The Balaban J connectivity index is 0.000000280. The quantitative estimate of drug-likeness (QED) is 0.166. The molecule has 0 saturated carbocycles. The van der Waals surface area contributed by atoms with Gasteiger partial charge in [0.1, 0.15) is 0 Å². The summed E-state index contributed by atoms with van der Waals surface area (Å²) in [6.07, 6.45) is -0.543. The maximum atomic E-state index is 10.3. The molecule has 3 N–H and O–H groups in total. The minimum Gasteiger partial charge on any atom is -0.387 e. The van der Waals surface area contributed by atoms with Crippen molar-refractivity contribution in [2.24, 2.45) is 0 Å². The Morgan fingerprint density at radius 1 is 0.938 bits per heavy atom. The Morgan fingerprint density at radius 3 is 2.10 bits per heavy atom. The number of rotatable bonds is 6. The first kappa shape index (κ1) is 41.2. The van der Waals surface area contributed by atoms with E-state index in [-0.39, 0.29) is 0 Å². The lowest BCUT2D eigenvalue weighted by atomic mass is 9.85.